The Hall–Kier alpha value is -2.88. The van der Waals surface area contributed by atoms with Crippen molar-refractivity contribution < 1.29 is 35.9 Å². The van der Waals surface area contributed by atoms with Crippen LogP contribution >= 0.6 is 0 Å². The number of nitrogens with one attached hydrogen (secondary N) is 1. The molecule has 0 radical (unpaired) electrons. The van der Waals surface area contributed by atoms with Crippen LogP contribution < -0.4 is 5.32 Å². The molecule has 1 aliphatic heterocycles. The maximum atomic E-state index is 13.0. The number of halogens is 6. The number of amides is 2. The standard InChI is InChI=1S/C20H16F6N2O2/c1-12-18(28-17(29)27-12,14-5-3-2-4-6-14)11-30-10-13-7-15(19(21,22)23)9-16(8-13)20(24,25)26/h2-9H,10-11H2,1H3,(H,28,29). The lowest BCUT2D eigenvalue weighted by atomic mass is 9.87. The molecule has 1 heterocycles. The molecule has 0 saturated carbocycles. The number of carbonyl (C=O) groups is 1. The molecule has 160 valence electrons. The summed E-state index contributed by atoms with van der Waals surface area (Å²) in [7, 11) is 0. The summed E-state index contributed by atoms with van der Waals surface area (Å²) in [6.45, 7) is 0.834. The lowest BCUT2D eigenvalue weighted by Gasteiger charge is -2.30. The first-order valence-corrected chi connectivity index (χ1v) is 8.71. The normalized spacial score (nSPS) is 19.6. The average molecular weight is 430 g/mol. The molecule has 3 rings (SSSR count). The molecule has 1 unspecified atom stereocenters. The third-order valence-electron chi connectivity index (χ3n) is 4.71. The van der Waals surface area contributed by atoms with E-state index >= 15 is 0 Å². The van der Waals surface area contributed by atoms with Gasteiger partial charge in [-0.3, -0.25) is 0 Å². The Morgan fingerprint density at radius 1 is 0.967 bits per heavy atom. The fraction of sp³-hybridized carbons (Fsp3) is 0.300. The Morgan fingerprint density at radius 2 is 1.53 bits per heavy atom. The molecule has 0 bridgehead atoms. The summed E-state index contributed by atoms with van der Waals surface area (Å²) in [6.07, 6.45) is -9.88. The molecule has 0 aliphatic carbocycles. The van der Waals surface area contributed by atoms with Crippen LogP contribution in [0.1, 0.15) is 29.2 Å². The van der Waals surface area contributed by atoms with Crippen LogP contribution in [0.2, 0.25) is 0 Å². The molecule has 0 spiro atoms. The van der Waals surface area contributed by atoms with Gasteiger partial charge in [0, 0.05) is 0 Å². The van der Waals surface area contributed by atoms with E-state index in [1.807, 2.05) is 0 Å². The van der Waals surface area contributed by atoms with Crippen LogP contribution in [0.15, 0.2) is 53.5 Å². The minimum Gasteiger partial charge on any atom is -0.374 e. The number of hydrogen-bond donors (Lipinski definition) is 1. The van der Waals surface area contributed by atoms with Gasteiger partial charge in [0.1, 0.15) is 5.54 Å². The molecule has 1 atom stereocenters. The van der Waals surface area contributed by atoms with E-state index in [1.54, 1.807) is 37.3 Å². The maximum Gasteiger partial charge on any atom is 0.416 e. The number of benzene rings is 2. The molecule has 30 heavy (non-hydrogen) atoms. The molecule has 0 fully saturated rings. The molecule has 0 saturated heterocycles. The maximum absolute atomic E-state index is 13.0. The lowest BCUT2D eigenvalue weighted by molar-refractivity contribution is -0.143. The van der Waals surface area contributed by atoms with Crippen molar-refractivity contribution in [2.75, 3.05) is 6.61 Å². The number of ether oxygens (including phenoxy) is 1. The topological polar surface area (TPSA) is 50.7 Å². The van der Waals surface area contributed by atoms with Crippen molar-refractivity contribution in [3.05, 3.63) is 70.8 Å². The summed E-state index contributed by atoms with van der Waals surface area (Å²) in [6, 6.07) is 9.27. The molecule has 2 amide bonds. The van der Waals surface area contributed by atoms with E-state index in [0.29, 0.717) is 23.4 Å². The zero-order valence-corrected chi connectivity index (χ0v) is 15.6. The van der Waals surface area contributed by atoms with Crippen molar-refractivity contribution in [3.8, 4) is 0 Å². The van der Waals surface area contributed by atoms with Crippen LogP contribution in [-0.4, -0.2) is 18.3 Å². The number of carbonyl (C=O) groups excluding carboxylic acids is 1. The van der Waals surface area contributed by atoms with Gasteiger partial charge in [-0.25, -0.2) is 9.79 Å². The van der Waals surface area contributed by atoms with Crippen LogP contribution in [-0.2, 0) is 29.2 Å². The Labute approximate surface area is 167 Å². The third kappa shape index (κ3) is 4.48. The van der Waals surface area contributed by atoms with Gasteiger partial charge >= 0.3 is 18.4 Å². The van der Waals surface area contributed by atoms with Crippen LogP contribution in [0.3, 0.4) is 0 Å². The molecule has 1 aliphatic rings. The predicted octanol–water partition coefficient (Wildman–Crippen LogP) is 5.32. The molecular formula is C20H16F6N2O2. The van der Waals surface area contributed by atoms with Crippen molar-refractivity contribution in [1.82, 2.24) is 5.32 Å². The quantitative estimate of drug-likeness (QED) is 0.653. The summed E-state index contributed by atoms with van der Waals surface area (Å²) >= 11 is 0. The predicted molar refractivity (Wildman–Crippen MR) is 95.9 cm³/mol. The lowest BCUT2D eigenvalue weighted by Crippen LogP contribution is -2.48. The number of alkyl halides is 6. The molecule has 4 nitrogen and oxygen atoms in total. The molecule has 1 N–H and O–H groups in total. The smallest absolute Gasteiger partial charge is 0.374 e. The van der Waals surface area contributed by atoms with Crippen LogP contribution in [0.4, 0.5) is 31.1 Å². The van der Waals surface area contributed by atoms with Gasteiger partial charge in [0.05, 0.1) is 30.1 Å². The summed E-state index contributed by atoms with van der Waals surface area (Å²) in [5.41, 5.74) is -3.29. The largest absolute Gasteiger partial charge is 0.416 e. The monoisotopic (exact) mass is 430 g/mol. The summed E-state index contributed by atoms with van der Waals surface area (Å²) < 4.78 is 83.5. The zero-order valence-electron chi connectivity index (χ0n) is 15.6. The van der Waals surface area contributed by atoms with Gasteiger partial charge in [-0.05, 0) is 36.2 Å². The molecule has 2 aromatic rings. The van der Waals surface area contributed by atoms with Gasteiger partial charge in [0.2, 0.25) is 0 Å². The first kappa shape index (κ1) is 21.8. The van der Waals surface area contributed by atoms with E-state index in [4.69, 9.17) is 4.74 Å². The number of hydrogen-bond acceptors (Lipinski definition) is 2. The van der Waals surface area contributed by atoms with Crippen LogP contribution in [0.25, 0.3) is 0 Å². The fourth-order valence-electron chi connectivity index (χ4n) is 3.20. The molecule has 2 aromatic carbocycles. The average Bonchev–Trinajstić information content (AvgIpc) is 2.95. The number of nitrogens with zero attached hydrogens (tertiary/aromatic N) is 1. The van der Waals surface area contributed by atoms with Crippen molar-refractivity contribution >= 4 is 11.7 Å². The van der Waals surface area contributed by atoms with Gasteiger partial charge in [-0.2, -0.15) is 26.3 Å². The van der Waals surface area contributed by atoms with E-state index in [0.717, 1.165) is 0 Å². The summed E-state index contributed by atoms with van der Waals surface area (Å²) in [5.74, 6) is 0. The number of urea groups is 1. The summed E-state index contributed by atoms with van der Waals surface area (Å²) in [5, 5.41) is 2.66. The highest BCUT2D eigenvalue weighted by molar-refractivity contribution is 6.07. The van der Waals surface area contributed by atoms with E-state index < -0.39 is 41.7 Å². The van der Waals surface area contributed by atoms with Crippen molar-refractivity contribution in [2.24, 2.45) is 4.99 Å². The van der Waals surface area contributed by atoms with E-state index in [9.17, 15) is 31.1 Å². The van der Waals surface area contributed by atoms with E-state index in [-0.39, 0.29) is 18.2 Å². The Kier molecular flexibility index (Phi) is 5.64. The van der Waals surface area contributed by atoms with Crippen LogP contribution in [0.5, 0.6) is 0 Å². The molecule has 10 heteroatoms. The molecule has 0 aromatic heterocycles. The first-order chi connectivity index (χ1) is 13.9. The SMILES string of the molecule is CC1=NC(=O)NC1(COCc1cc(C(F)(F)F)cc(C(F)(F)F)c1)c1ccccc1. The second-order valence-electron chi connectivity index (χ2n) is 6.81. The summed E-state index contributed by atoms with van der Waals surface area (Å²) in [4.78, 5) is 15.6. The highest BCUT2D eigenvalue weighted by atomic mass is 19.4. The Morgan fingerprint density at radius 3 is 2.00 bits per heavy atom. The van der Waals surface area contributed by atoms with Gasteiger partial charge < -0.3 is 10.1 Å². The van der Waals surface area contributed by atoms with Crippen LogP contribution in [0, 0.1) is 0 Å². The zero-order chi connectivity index (χ0) is 22.2. The fourth-order valence-corrected chi connectivity index (χ4v) is 3.20. The van der Waals surface area contributed by atoms with Gasteiger partial charge in [0.25, 0.3) is 0 Å². The third-order valence-corrected chi connectivity index (χ3v) is 4.71. The van der Waals surface area contributed by atoms with Gasteiger partial charge in [0.15, 0.2) is 0 Å². The minimum absolute atomic E-state index is 0.0585. The Bertz CT molecular complexity index is 937. The van der Waals surface area contributed by atoms with Gasteiger partial charge in [-0.15, -0.1) is 0 Å². The number of aliphatic imine (C=N–C) groups is 1. The van der Waals surface area contributed by atoms with Gasteiger partial charge in [-0.1, -0.05) is 30.3 Å². The Balaban J connectivity index is 1.86. The van der Waals surface area contributed by atoms with Crippen molar-refractivity contribution in [2.45, 2.75) is 31.4 Å². The van der Waals surface area contributed by atoms with Crippen molar-refractivity contribution in [1.29, 1.82) is 0 Å². The van der Waals surface area contributed by atoms with Crippen molar-refractivity contribution in [3.63, 3.8) is 0 Å². The second kappa shape index (κ2) is 7.75. The second-order valence-corrected chi connectivity index (χ2v) is 6.81. The van der Waals surface area contributed by atoms with E-state index in [1.165, 1.54) is 0 Å². The number of rotatable bonds is 5. The van der Waals surface area contributed by atoms with E-state index in [2.05, 4.69) is 10.3 Å². The highest BCUT2D eigenvalue weighted by Gasteiger charge is 2.42. The minimum atomic E-state index is -4.94. The molecular weight excluding hydrogens is 414 g/mol. The highest BCUT2D eigenvalue weighted by Crippen LogP contribution is 2.36. The first-order valence-electron chi connectivity index (χ1n) is 8.71.